The summed E-state index contributed by atoms with van der Waals surface area (Å²) < 4.78 is 0. The largest absolute Gasteiger partial charge is 1.00 e. The van der Waals surface area contributed by atoms with Gasteiger partial charge in [-0.1, -0.05) is 24.3 Å². The number of hydrogen-bond donors (Lipinski definition) is 0. The fourth-order valence-corrected chi connectivity index (χ4v) is 0.856. The van der Waals surface area contributed by atoms with E-state index in [2.05, 4.69) is 43.5 Å². The van der Waals surface area contributed by atoms with Gasteiger partial charge >= 0.3 is 24.6 Å². The fraction of sp³-hybridized carbons (Fsp3) is 0.556. The molecule has 0 fully saturated rings. The quantitative estimate of drug-likeness (QED) is 0.435. The minimum atomic E-state index is 0. The Morgan fingerprint density at radius 1 is 0.727 bits per heavy atom. The van der Waals surface area contributed by atoms with Crippen LogP contribution in [0.5, 0.6) is 0 Å². The average Bonchev–Trinajstić information content (AvgIpc) is 1.90. The van der Waals surface area contributed by atoms with Crippen LogP contribution in [-0.4, -0.2) is 0 Å². The summed E-state index contributed by atoms with van der Waals surface area (Å²) in [6.07, 6.45) is 14.0. The molecule has 0 radical (unpaired) electrons. The van der Waals surface area contributed by atoms with Crippen molar-refractivity contribution in [3.63, 3.8) is 0 Å². The smallest absolute Gasteiger partial charge is 1.00 e. The normalized spacial score (nSPS) is 21.0. The zero-order valence-corrected chi connectivity index (χ0v) is 9.14. The van der Waals surface area contributed by atoms with Gasteiger partial charge in [0.05, 0.1) is 0 Å². The summed E-state index contributed by atoms with van der Waals surface area (Å²) in [6, 6.07) is 0. The van der Waals surface area contributed by atoms with Crippen LogP contribution in [0.25, 0.3) is 0 Å². The third-order valence-corrected chi connectivity index (χ3v) is 1.33. The van der Waals surface area contributed by atoms with Crippen molar-refractivity contribution in [2.24, 2.45) is 0 Å². The molecule has 0 amide bonds. The van der Waals surface area contributed by atoms with Gasteiger partial charge in [0.2, 0.25) is 0 Å². The van der Waals surface area contributed by atoms with Crippen LogP contribution in [0.3, 0.4) is 0 Å². The SMILES string of the molecule is C1=C\CC/C=C\CC/1.[CH3][Pd+].[Cl-]. The molecule has 11 heavy (non-hydrogen) atoms. The van der Waals surface area contributed by atoms with Crippen molar-refractivity contribution in [2.75, 3.05) is 0 Å². The van der Waals surface area contributed by atoms with Gasteiger partial charge in [-0.2, -0.15) is 0 Å². The second-order valence-electron chi connectivity index (χ2n) is 2.10. The molecule has 0 unspecified atom stereocenters. The molecule has 0 atom stereocenters. The molecule has 0 heterocycles. The van der Waals surface area contributed by atoms with Crippen molar-refractivity contribution in [3.8, 4) is 0 Å². The Bertz CT molecular complexity index is 82.1. The maximum absolute atomic E-state index is 2.75. The van der Waals surface area contributed by atoms with Crippen LogP contribution in [0.2, 0.25) is 5.40 Å². The summed E-state index contributed by atoms with van der Waals surface area (Å²) in [6.45, 7) is 0. The third-order valence-electron chi connectivity index (χ3n) is 1.33. The number of allylic oxidation sites excluding steroid dienone is 4. The number of halogens is 1. The first-order valence-electron chi connectivity index (χ1n) is 3.62. The molecule has 0 aliphatic heterocycles. The molecule has 0 saturated heterocycles. The predicted octanol–water partition coefficient (Wildman–Crippen LogP) is 0.258. The molecule has 0 nitrogen and oxygen atoms in total. The van der Waals surface area contributed by atoms with E-state index in [0.29, 0.717) is 0 Å². The van der Waals surface area contributed by atoms with Crippen LogP contribution < -0.4 is 12.4 Å². The predicted molar refractivity (Wildman–Crippen MR) is 42.6 cm³/mol. The van der Waals surface area contributed by atoms with E-state index in [4.69, 9.17) is 0 Å². The molecule has 0 saturated carbocycles. The maximum atomic E-state index is 2.75. The molecule has 68 valence electrons. The summed E-state index contributed by atoms with van der Waals surface area (Å²) in [7, 11) is 0. The van der Waals surface area contributed by atoms with Crippen molar-refractivity contribution in [3.05, 3.63) is 24.3 Å². The maximum Gasteiger partial charge on any atom is -1.00 e. The Balaban J connectivity index is 0. The van der Waals surface area contributed by atoms with E-state index in [-0.39, 0.29) is 12.4 Å². The van der Waals surface area contributed by atoms with E-state index < -0.39 is 0 Å². The van der Waals surface area contributed by atoms with E-state index in [1.165, 1.54) is 25.7 Å². The minimum Gasteiger partial charge on any atom is -1.00 e. The van der Waals surface area contributed by atoms with Gasteiger partial charge in [-0.3, -0.25) is 0 Å². The van der Waals surface area contributed by atoms with Crippen molar-refractivity contribution in [1.82, 2.24) is 0 Å². The standard InChI is InChI=1S/C8H12.CH3.ClH.Pd/c1-2-4-6-8-7-5-3-1;;;/h1-2,7-8H,3-6H2;1H3;1H;/q;;;+1/p-1/b2-1-,8-7-;;;. The van der Waals surface area contributed by atoms with Gasteiger partial charge in [0.1, 0.15) is 0 Å². The second kappa shape index (κ2) is 13.1. The Labute approximate surface area is 87.0 Å². The van der Waals surface area contributed by atoms with E-state index in [1.54, 1.807) is 0 Å². The summed E-state index contributed by atoms with van der Waals surface area (Å²) in [4.78, 5) is 0. The van der Waals surface area contributed by atoms with E-state index in [0.717, 1.165) is 0 Å². The van der Waals surface area contributed by atoms with Crippen molar-refractivity contribution >= 4 is 0 Å². The van der Waals surface area contributed by atoms with Gasteiger partial charge in [0, 0.05) is 0 Å². The number of rotatable bonds is 0. The monoisotopic (exact) mass is 264 g/mol. The molecule has 2 heteroatoms. The van der Waals surface area contributed by atoms with Gasteiger partial charge in [0.15, 0.2) is 0 Å². The van der Waals surface area contributed by atoms with Crippen molar-refractivity contribution in [1.29, 1.82) is 0 Å². The summed E-state index contributed by atoms with van der Waals surface area (Å²) in [5.41, 5.74) is 0. The van der Waals surface area contributed by atoms with Crippen LogP contribution in [0.15, 0.2) is 24.3 Å². The van der Waals surface area contributed by atoms with Crippen LogP contribution in [0, 0.1) is 0 Å². The molecular weight excluding hydrogens is 250 g/mol. The van der Waals surface area contributed by atoms with Gasteiger partial charge in [-0.15, -0.1) is 0 Å². The van der Waals surface area contributed by atoms with E-state index in [1.807, 2.05) is 5.40 Å². The molecule has 0 spiro atoms. The average molecular weight is 265 g/mol. The molecule has 0 bridgehead atoms. The minimum absolute atomic E-state index is 0. The van der Waals surface area contributed by atoms with E-state index in [9.17, 15) is 0 Å². The summed E-state index contributed by atoms with van der Waals surface area (Å²) >= 11 is 2.75. The van der Waals surface area contributed by atoms with Crippen LogP contribution in [-0.2, 0) is 19.2 Å². The first-order chi connectivity index (χ1) is 5.00. The zero-order valence-electron chi connectivity index (χ0n) is 6.83. The topological polar surface area (TPSA) is 0 Å². The Hall–Kier alpha value is 0.432. The second-order valence-corrected chi connectivity index (χ2v) is 2.10. The van der Waals surface area contributed by atoms with Gasteiger partial charge < -0.3 is 12.4 Å². The summed E-state index contributed by atoms with van der Waals surface area (Å²) in [5.74, 6) is 0. The van der Waals surface area contributed by atoms with Crippen LogP contribution >= 0.6 is 0 Å². The molecule has 0 N–H and O–H groups in total. The first kappa shape index (κ1) is 14.0. The van der Waals surface area contributed by atoms with Gasteiger partial charge in [-0.25, -0.2) is 0 Å². The summed E-state index contributed by atoms with van der Waals surface area (Å²) in [5, 5.41) is 1.85. The molecule has 1 rings (SSSR count). The van der Waals surface area contributed by atoms with Crippen molar-refractivity contribution < 1.29 is 31.6 Å². The van der Waals surface area contributed by atoms with Gasteiger partial charge in [0.25, 0.3) is 0 Å². The molecule has 1 aliphatic rings. The van der Waals surface area contributed by atoms with Crippen LogP contribution in [0.4, 0.5) is 0 Å². The Morgan fingerprint density at radius 3 is 1.09 bits per heavy atom. The third kappa shape index (κ3) is 10.4. The Kier molecular flexibility index (Phi) is 16.6. The van der Waals surface area contributed by atoms with Crippen LogP contribution in [0.1, 0.15) is 25.7 Å². The molecular formula is C9H15ClPd. The molecule has 0 aromatic carbocycles. The molecule has 1 aliphatic carbocycles. The Morgan fingerprint density at radius 2 is 0.909 bits per heavy atom. The van der Waals surface area contributed by atoms with Gasteiger partial charge in [-0.05, 0) is 25.7 Å². The number of hydrogen-bond acceptors (Lipinski definition) is 0. The molecule has 0 aromatic rings. The fourth-order valence-electron chi connectivity index (χ4n) is 0.856. The first-order valence-corrected chi connectivity index (χ1v) is 5.17. The van der Waals surface area contributed by atoms with Crippen molar-refractivity contribution in [2.45, 2.75) is 31.1 Å². The zero-order chi connectivity index (χ0) is 7.66. The molecule has 0 aromatic heterocycles. The van der Waals surface area contributed by atoms with E-state index >= 15 is 0 Å².